The summed E-state index contributed by atoms with van der Waals surface area (Å²) < 4.78 is 5.36. The quantitative estimate of drug-likeness (QED) is 0.504. The van der Waals surface area contributed by atoms with E-state index in [0.717, 1.165) is 25.7 Å². The van der Waals surface area contributed by atoms with Gasteiger partial charge in [0.2, 0.25) is 0 Å². The Bertz CT molecular complexity index is 145. The highest BCUT2D eigenvalue weighted by molar-refractivity contribution is 5.82. The largest absolute Gasteiger partial charge is 0.370 e. The molecule has 0 atom stereocenters. The molecule has 2 heteroatoms. The highest BCUT2D eigenvalue weighted by Gasteiger charge is 2.30. The minimum absolute atomic E-state index is 0.333. The van der Waals surface area contributed by atoms with E-state index in [4.69, 9.17) is 4.74 Å². The SMILES string of the molecule is O=C1COC2CCC1CC2. The van der Waals surface area contributed by atoms with Crippen LogP contribution in [0.1, 0.15) is 25.7 Å². The normalized spacial score (nSPS) is 39.8. The van der Waals surface area contributed by atoms with E-state index in [0.29, 0.717) is 24.4 Å². The van der Waals surface area contributed by atoms with Crippen LogP contribution in [0, 0.1) is 5.92 Å². The van der Waals surface area contributed by atoms with Gasteiger partial charge in [0.25, 0.3) is 0 Å². The molecule has 0 aromatic heterocycles. The summed E-state index contributed by atoms with van der Waals surface area (Å²) >= 11 is 0. The van der Waals surface area contributed by atoms with Crippen LogP contribution in [0.25, 0.3) is 0 Å². The third-order valence-electron chi connectivity index (χ3n) is 2.59. The Morgan fingerprint density at radius 3 is 2.60 bits per heavy atom. The van der Waals surface area contributed by atoms with Crippen LogP contribution in [0.5, 0.6) is 0 Å². The van der Waals surface area contributed by atoms with Gasteiger partial charge >= 0.3 is 0 Å². The van der Waals surface area contributed by atoms with E-state index in [-0.39, 0.29) is 0 Å². The summed E-state index contributed by atoms with van der Waals surface area (Å²) in [6.45, 7) is 0.384. The summed E-state index contributed by atoms with van der Waals surface area (Å²) in [6, 6.07) is 0. The molecule has 2 heterocycles. The van der Waals surface area contributed by atoms with Gasteiger partial charge in [0.05, 0.1) is 6.10 Å². The van der Waals surface area contributed by atoms with Crippen molar-refractivity contribution < 1.29 is 9.53 Å². The van der Waals surface area contributed by atoms with Crippen molar-refractivity contribution in [2.24, 2.45) is 5.92 Å². The van der Waals surface area contributed by atoms with Gasteiger partial charge in [0.15, 0.2) is 5.78 Å². The average molecular weight is 140 g/mol. The van der Waals surface area contributed by atoms with Crippen LogP contribution in [0.15, 0.2) is 0 Å². The lowest BCUT2D eigenvalue weighted by molar-refractivity contribution is -0.125. The molecule has 3 fully saturated rings. The lowest BCUT2D eigenvalue weighted by Gasteiger charge is -2.20. The predicted octanol–water partition coefficient (Wildman–Crippen LogP) is 1.14. The van der Waals surface area contributed by atoms with Gasteiger partial charge in [-0.25, -0.2) is 0 Å². The topological polar surface area (TPSA) is 26.3 Å². The zero-order valence-electron chi connectivity index (χ0n) is 6.01. The van der Waals surface area contributed by atoms with Crippen LogP contribution >= 0.6 is 0 Å². The van der Waals surface area contributed by atoms with Gasteiger partial charge in [-0.1, -0.05) is 0 Å². The molecule has 1 saturated carbocycles. The van der Waals surface area contributed by atoms with Crippen LogP contribution in [0.2, 0.25) is 0 Å². The van der Waals surface area contributed by atoms with Gasteiger partial charge in [-0.15, -0.1) is 0 Å². The third kappa shape index (κ3) is 0.966. The fourth-order valence-corrected chi connectivity index (χ4v) is 1.87. The molecule has 3 aliphatic rings. The number of rotatable bonds is 0. The minimum atomic E-state index is 0.333. The molecule has 0 spiro atoms. The second-order valence-corrected chi connectivity index (χ2v) is 3.25. The lowest BCUT2D eigenvalue weighted by Crippen LogP contribution is -2.17. The highest BCUT2D eigenvalue weighted by atomic mass is 16.5. The molecule has 0 aromatic carbocycles. The van der Waals surface area contributed by atoms with Crippen LogP contribution in [0.4, 0.5) is 0 Å². The van der Waals surface area contributed by atoms with Crippen LogP contribution in [-0.2, 0) is 9.53 Å². The van der Waals surface area contributed by atoms with E-state index in [9.17, 15) is 4.79 Å². The molecule has 1 aliphatic carbocycles. The number of carbonyl (C=O) groups is 1. The summed E-state index contributed by atoms with van der Waals surface area (Å²) in [5.41, 5.74) is 0. The maximum atomic E-state index is 11.1. The maximum Gasteiger partial charge on any atom is 0.161 e. The first kappa shape index (κ1) is 6.35. The zero-order chi connectivity index (χ0) is 6.97. The van der Waals surface area contributed by atoms with E-state index >= 15 is 0 Å². The van der Waals surface area contributed by atoms with E-state index in [1.54, 1.807) is 0 Å². The number of Topliss-reactive ketones (excluding diaryl/α,β-unsaturated/α-hetero) is 1. The van der Waals surface area contributed by atoms with Crippen molar-refractivity contribution in [1.29, 1.82) is 0 Å². The second kappa shape index (κ2) is 2.35. The van der Waals surface area contributed by atoms with Gasteiger partial charge in [-0.05, 0) is 25.7 Å². The van der Waals surface area contributed by atoms with E-state index in [1.807, 2.05) is 0 Å². The number of carbonyl (C=O) groups excluding carboxylic acids is 1. The Labute approximate surface area is 60.6 Å². The zero-order valence-corrected chi connectivity index (χ0v) is 6.01. The molecule has 0 amide bonds. The summed E-state index contributed by atoms with van der Waals surface area (Å²) in [5.74, 6) is 0.679. The smallest absolute Gasteiger partial charge is 0.161 e. The molecule has 2 saturated heterocycles. The molecular weight excluding hydrogens is 128 g/mol. The Morgan fingerprint density at radius 1 is 1.20 bits per heavy atom. The van der Waals surface area contributed by atoms with Crippen molar-refractivity contribution in [3.05, 3.63) is 0 Å². The first-order valence-electron chi connectivity index (χ1n) is 4.00. The van der Waals surface area contributed by atoms with Crippen molar-refractivity contribution >= 4 is 5.78 Å². The molecule has 0 aromatic rings. The standard InChI is InChI=1S/C8H12O2/c9-8-5-10-7-3-1-6(8)2-4-7/h6-7H,1-5H2. The lowest BCUT2D eigenvalue weighted by atomic mass is 9.86. The number of hydrogen-bond acceptors (Lipinski definition) is 2. The van der Waals surface area contributed by atoms with Gasteiger partial charge in [0.1, 0.15) is 6.61 Å². The number of hydrogen-bond donors (Lipinski definition) is 0. The first-order valence-corrected chi connectivity index (χ1v) is 4.00. The van der Waals surface area contributed by atoms with E-state index < -0.39 is 0 Å². The second-order valence-electron chi connectivity index (χ2n) is 3.25. The Morgan fingerprint density at radius 2 is 1.90 bits per heavy atom. The average Bonchev–Trinajstić information content (AvgIpc) is 2.24. The summed E-state index contributed by atoms with van der Waals surface area (Å²) in [6.07, 6.45) is 4.77. The number of ketones is 1. The fourth-order valence-electron chi connectivity index (χ4n) is 1.87. The maximum absolute atomic E-state index is 11.1. The van der Waals surface area contributed by atoms with Gasteiger partial charge < -0.3 is 4.74 Å². The third-order valence-corrected chi connectivity index (χ3v) is 2.59. The molecular formula is C8H12O2. The Balaban J connectivity index is 2.14. The van der Waals surface area contributed by atoms with Crippen molar-refractivity contribution in [2.75, 3.05) is 6.61 Å². The monoisotopic (exact) mass is 140 g/mol. The van der Waals surface area contributed by atoms with Crippen molar-refractivity contribution in [3.8, 4) is 0 Å². The highest BCUT2D eigenvalue weighted by Crippen LogP contribution is 2.30. The predicted molar refractivity (Wildman–Crippen MR) is 36.7 cm³/mol. The molecule has 10 heavy (non-hydrogen) atoms. The Hall–Kier alpha value is -0.370. The molecule has 2 bridgehead atoms. The summed E-state index contributed by atoms with van der Waals surface area (Å²) in [7, 11) is 0. The van der Waals surface area contributed by atoms with Gasteiger partial charge in [-0.3, -0.25) is 4.79 Å². The molecule has 2 nitrogen and oxygen atoms in total. The van der Waals surface area contributed by atoms with Crippen molar-refractivity contribution in [1.82, 2.24) is 0 Å². The number of fused-ring (bicyclic) bond motifs is 4. The molecule has 3 rings (SSSR count). The van der Waals surface area contributed by atoms with Crippen LogP contribution in [-0.4, -0.2) is 18.5 Å². The molecule has 56 valence electrons. The molecule has 0 unspecified atom stereocenters. The van der Waals surface area contributed by atoms with Gasteiger partial charge in [-0.2, -0.15) is 0 Å². The van der Waals surface area contributed by atoms with Crippen LogP contribution in [0.3, 0.4) is 0 Å². The molecule has 0 radical (unpaired) electrons. The molecule has 0 N–H and O–H groups in total. The van der Waals surface area contributed by atoms with Gasteiger partial charge in [0, 0.05) is 5.92 Å². The number of ether oxygens (including phenoxy) is 1. The van der Waals surface area contributed by atoms with Crippen LogP contribution < -0.4 is 0 Å². The minimum Gasteiger partial charge on any atom is -0.370 e. The Kier molecular flexibility index (Phi) is 1.49. The van der Waals surface area contributed by atoms with Crippen molar-refractivity contribution in [2.45, 2.75) is 31.8 Å². The summed E-state index contributed by atoms with van der Waals surface area (Å²) in [4.78, 5) is 11.1. The summed E-state index contributed by atoms with van der Waals surface area (Å²) in [5, 5.41) is 0. The first-order chi connectivity index (χ1) is 4.86. The fraction of sp³-hybridized carbons (Fsp3) is 0.875. The van der Waals surface area contributed by atoms with Crippen molar-refractivity contribution in [3.63, 3.8) is 0 Å². The van der Waals surface area contributed by atoms with E-state index in [2.05, 4.69) is 0 Å². The van der Waals surface area contributed by atoms with E-state index in [1.165, 1.54) is 0 Å². The molecule has 2 aliphatic heterocycles.